The minimum atomic E-state index is 0.100. The number of fused-ring (bicyclic) bond motifs is 1. The summed E-state index contributed by atoms with van der Waals surface area (Å²) in [6.45, 7) is 5.81. The molecule has 0 unspecified atom stereocenters. The number of benzene rings is 1. The van der Waals surface area contributed by atoms with E-state index in [2.05, 4.69) is 19.8 Å². The van der Waals surface area contributed by atoms with Crippen LogP contribution in [-0.4, -0.2) is 51.5 Å². The number of rotatable bonds is 6. The van der Waals surface area contributed by atoms with Crippen molar-refractivity contribution in [1.29, 1.82) is 0 Å². The predicted molar refractivity (Wildman–Crippen MR) is 111 cm³/mol. The van der Waals surface area contributed by atoms with Gasteiger partial charge in [-0.1, -0.05) is 23.1 Å². The molecule has 3 heterocycles. The lowest BCUT2D eigenvalue weighted by Gasteiger charge is -2.34. The smallest absolute Gasteiger partial charge is 0.268 e. The zero-order chi connectivity index (χ0) is 18.6. The first kappa shape index (κ1) is 18.4. The fourth-order valence-electron chi connectivity index (χ4n) is 3.41. The average molecular weight is 404 g/mol. The van der Waals surface area contributed by atoms with Crippen molar-refractivity contribution in [3.05, 3.63) is 52.0 Å². The largest absolute Gasteiger partial charge is 0.338 e. The molecule has 3 aromatic rings. The number of unbranched alkanes of at least 4 members (excludes halogenated alkanes) is 1. The molecular weight excluding hydrogens is 382 g/mol. The van der Waals surface area contributed by atoms with Crippen LogP contribution < -0.4 is 10.5 Å². The Kier molecular flexibility index (Phi) is 5.71. The SMILES string of the molecule is O=c1c2ccc(Cl)cc2sn1CCCCN1CCN(c2ncccn2)CC1. The van der Waals surface area contributed by atoms with Gasteiger partial charge in [0.1, 0.15) is 0 Å². The molecule has 4 rings (SSSR count). The Bertz CT molecular complexity index is 950. The molecule has 0 N–H and O–H groups in total. The first-order valence-electron chi connectivity index (χ1n) is 9.24. The molecule has 0 amide bonds. The first-order chi connectivity index (χ1) is 13.2. The van der Waals surface area contributed by atoms with E-state index in [9.17, 15) is 4.79 Å². The summed E-state index contributed by atoms with van der Waals surface area (Å²) in [5.74, 6) is 0.821. The fraction of sp³-hybridized carbons (Fsp3) is 0.421. The highest BCUT2D eigenvalue weighted by atomic mass is 35.5. The van der Waals surface area contributed by atoms with Crippen LogP contribution in [0.2, 0.25) is 5.02 Å². The molecule has 1 saturated heterocycles. The maximum Gasteiger partial charge on any atom is 0.268 e. The summed E-state index contributed by atoms with van der Waals surface area (Å²) in [6, 6.07) is 7.32. The second-order valence-electron chi connectivity index (χ2n) is 6.72. The van der Waals surface area contributed by atoms with Gasteiger partial charge in [-0.3, -0.25) is 13.7 Å². The van der Waals surface area contributed by atoms with Crippen LogP contribution in [0.5, 0.6) is 0 Å². The Hall–Kier alpha value is -1.96. The molecule has 1 aliphatic rings. The maximum atomic E-state index is 12.4. The summed E-state index contributed by atoms with van der Waals surface area (Å²) >= 11 is 7.53. The van der Waals surface area contributed by atoms with Crippen molar-refractivity contribution < 1.29 is 0 Å². The molecule has 1 aliphatic heterocycles. The molecule has 8 heteroatoms. The third-order valence-corrected chi connectivity index (χ3v) is 6.24. The van der Waals surface area contributed by atoms with Crippen molar-refractivity contribution in [2.24, 2.45) is 0 Å². The normalized spacial score (nSPS) is 15.5. The highest BCUT2D eigenvalue weighted by Crippen LogP contribution is 2.21. The highest BCUT2D eigenvalue weighted by molar-refractivity contribution is 7.13. The minimum Gasteiger partial charge on any atom is -0.338 e. The van der Waals surface area contributed by atoms with E-state index in [1.165, 1.54) is 11.5 Å². The summed E-state index contributed by atoms with van der Waals surface area (Å²) in [6.07, 6.45) is 5.67. The van der Waals surface area contributed by atoms with Gasteiger partial charge < -0.3 is 4.90 Å². The summed E-state index contributed by atoms with van der Waals surface area (Å²) in [5, 5.41) is 1.44. The number of aryl methyl sites for hydroxylation is 1. The van der Waals surface area contributed by atoms with E-state index in [0.29, 0.717) is 5.02 Å². The lowest BCUT2D eigenvalue weighted by molar-refractivity contribution is 0.250. The zero-order valence-electron chi connectivity index (χ0n) is 15.1. The Morgan fingerprint density at radius 1 is 1.04 bits per heavy atom. The maximum absolute atomic E-state index is 12.4. The Morgan fingerprint density at radius 3 is 2.56 bits per heavy atom. The molecule has 142 valence electrons. The molecular formula is C19H22ClN5OS. The Balaban J connectivity index is 1.23. The van der Waals surface area contributed by atoms with Crippen LogP contribution in [0.1, 0.15) is 12.8 Å². The number of hydrogen-bond acceptors (Lipinski definition) is 6. The number of nitrogens with zero attached hydrogens (tertiary/aromatic N) is 5. The molecule has 0 bridgehead atoms. The number of hydrogen-bond donors (Lipinski definition) is 0. The first-order valence-corrected chi connectivity index (χ1v) is 10.4. The Morgan fingerprint density at radius 2 is 1.78 bits per heavy atom. The van der Waals surface area contributed by atoms with Gasteiger partial charge >= 0.3 is 0 Å². The molecule has 1 fully saturated rings. The van der Waals surface area contributed by atoms with Crippen molar-refractivity contribution in [3.63, 3.8) is 0 Å². The fourth-order valence-corrected chi connectivity index (χ4v) is 4.72. The van der Waals surface area contributed by atoms with Crippen LogP contribution in [-0.2, 0) is 6.54 Å². The molecule has 0 saturated carbocycles. The third kappa shape index (κ3) is 4.31. The van der Waals surface area contributed by atoms with Crippen molar-refractivity contribution in [2.75, 3.05) is 37.6 Å². The van der Waals surface area contributed by atoms with Crippen LogP contribution in [0.3, 0.4) is 0 Å². The van der Waals surface area contributed by atoms with Crippen molar-refractivity contribution in [2.45, 2.75) is 19.4 Å². The lowest BCUT2D eigenvalue weighted by atomic mass is 10.2. The summed E-state index contributed by atoms with van der Waals surface area (Å²) in [5.41, 5.74) is 0.100. The standard InChI is InChI=1S/C19H22ClN5OS/c20-15-4-5-16-17(14-15)27-25(18(16)26)9-2-1-8-23-10-12-24(13-11-23)19-21-6-3-7-22-19/h3-7,14H,1-2,8-13H2. The van der Waals surface area contributed by atoms with E-state index in [1.54, 1.807) is 18.5 Å². The second kappa shape index (κ2) is 8.37. The molecule has 0 spiro atoms. The van der Waals surface area contributed by atoms with Gasteiger partial charge in [0.05, 0.1) is 10.1 Å². The van der Waals surface area contributed by atoms with E-state index in [0.717, 1.165) is 68.1 Å². The van der Waals surface area contributed by atoms with Gasteiger partial charge in [0, 0.05) is 50.1 Å². The van der Waals surface area contributed by atoms with Crippen molar-refractivity contribution in [3.8, 4) is 0 Å². The quantitative estimate of drug-likeness (QED) is 0.592. The monoisotopic (exact) mass is 403 g/mol. The molecule has 0 aliphatic carbocycles. The van der Waals surface area contributed by atoms with Gasteiger partial charge in [-0.25, -0.2) is 9.97 Å². The van der Waals surface area contributed by atoms with E-state index < -0.39 is 0 Å². The van der Waals surface area contributed by atoms with Crippen LogP contribution in [0.15, 0.2) is 41.5 Å². The van der Waals surface area contributed by atoms with Gasteiger partial charge in [-0.05, 0) is 43.7 Å². The average Bonchev–Trinajstić information content (AvgIpc) is 3.01. The zero-order valence-corrected chi connectivity index (χ0v) is 16.6. The van der Waals surface area contributed by atoms with E-state index in [1.807, 2.05) is 22.2 Å². The van der Waals surface area contributed by atoms with E-state index in [4.69, 9.17) is 11.6 Å². The number of piperazine rings is 1. The number of halogens is 1. The summed E-state index contributed by atoms with van der Waals surface area (Å²) in [4.78, 5) is 25.8. The molecule has 0 atom stereocenters. The van der Waals surface area contributed by atoms with Crippen LogP contribution in [0.4, 0.5) is 5.95 Å². The number of anilines is 1. The van der Waals surface area contributed by atoms with Gasteiger partial charge in [0.2, 0.25) is 5.95 Å². The molecule has 2 aromatic heterocycles. The van der Waals surface area contributed by atoms with Crippen molar-refractivity contribution in [1.82, 2.24) is 18.8 Å². The van der Waals surface area contributed by atoms with E-state index in [-0.39, 0.29) is 5.56 Å². The second-order valence-corrected chi connectivity index (χ2v) is 8.22. The topological polar surface area (TPSA) is 54.3 Å². The highest BCUT2D eigenvalue weighted by Gasteiger charge is 2.18. The summed E-state index contributed by atoms with van der Waals surface area (Å²) in [7, 11) is 0. The third-order valence-electron chi connectivity index (χ3n) is 4.90. The van der Waals surface area contributed by atoms with E-state index >= 15 is 0 Å². The van der Waals surface area contributed by atoms with Crippen LogP contribution in [0.25, 0.3) is 10.1 Å². The van der Waals surface area contributed by atoms with Gasteiger partial charge in [0.25, 0.3) is 5.56 Å². The lowest BCUT2D eigenvalue weighted by Crippen LogP contribution is -2.47. The molecule has 0 radical (unpaired) electrons. The molecule has 1 aromatic carbocycles. The Labute approximate surface area is 167 Å². The van der Waals surface area contributed by atoms with Crippen LogP contribution >= 0.6 is 23.1 Å². The molecule has 27 heavy (non-hydrogen) atoms. The van der Waals surface area contributed by atoms with Gasteiger partial charge in [-0.2, -0.15) is 0 Å². The minimum absolute atomic E-state index is 0.100. The van der Waals surface area contributed by atoms with Crippen LogP contribution in [0, 0.1) is 0 Å². The van der Waals surface area contributed by atoms with Gasteiger partial charge in [0.15, 0.2) is 0 Å². The summed E-state index contributed by atoms with van der Waals surface area (Å²) < 4.78 is 2.82. The molecule has 6 nitrogen and oxygen atoms in total. The predicted octanol–water partition coefficient (Wildman–Crippen LogP) is 3.11. The van der Waals surface area contributed by atoms with Gasteiger partial charge in [-0.15, -0.1) is 0 Å². The van der Waals surface area contributed by atoms with Crippen molar-refractivity contribution >= 4 is 39.2 Å². The number of aromatic nitrogens is 3.